The zero-order valence-corrected chi connectivity index (χ0v) is 23.2. The largest absolute Gasteiger partial charge is 0.492 e. The number of halogens is 1. The Morgan fingerprint density at radius 1 is 1.05 bits per heavy atom. The van der Waals surface area contributed by atoms with Crippen LogP contribution in [0, 0.1) is 26.6 Å². The third kappa shape index (κ3) is 4.72. The van der Waals surface area contributed by atoms with Crippen molar-refractivity contribution >= 4 is 5.97 Å². The van der Waals surface area contributed by atoms with Gasteiger partial charge in [0.1, 0.15) is 23.4 Å². The Morgan fingerprint density at radius 3 is 2.58 bits per heavy atom. The summed E-state index contributed by atoms with van der Waals surface area (Å²) in [5.41, 5.74) is 10.2. The molecule has 0 spiro atoms. The standard InChI is InChI=1S/C34H32FNO4/c1-19-5-11-29(36-17-19)22-13-20(2)33(21(3)14-22)26-8-10-28(35)34-27(26)9-12-30(34)40-24-6-7-25-23(15-32(37)38-4)18-39-31(25)16-24/h5-8,10-11,13-14,16-17,23,30H,9,12,15,18H2,1-4H3/t23?,30-/m1/s1. The first-order valence-electron chi connectivity index (χ1n) is 13.7. The zero-order valence-electron chi connectivity index (χ0n) is 23.2. The second-order valence-electron chi connectivity index (χ2n) is 10.8. The molecule has 5 nitrogen and oxygen atoms in total. The van der Waals surface area contributed by atoms with Crippen LogP contribution in [-0.2, 0) is 16.0 Å². The summed E-state index contributed by atoms with van der Waals surface area (Å²) in [6.45, 7) is 6.67. The Hall–Kier alpha value is -4.19. The summed E-state index contributed by atoms with van der Waals surface area (Å²) in [4.78, 5) is 16.3. The van der Waals surface area contributed by atoms with E-state index in [1.165, 1.54) is 7.11 Å². The van der Waals surface area contributed by atoms with Crippen LogP contribution in [0.5, 0.6) is 11.5 Å². The number of ether oxygens (including phenoxy) is 3. The molecule has 1 unspecified atom stereocenters. The van der Waals surface area contributed by atoms with Crippen molar-refractivity contribution < 1.29 is 23.4 Å². The first-order chi connectivity index (χ1) is 19.3. The maximum Gasteiger partial charge on any atom is 0.306 e. The molecule has 1 aliphatic carbocycles. The van der Waals surface area contributed by atoms with Crippen LogP contribution in [0.1, 0.15) is 58.2 Å². The summed E-state index contributed by atoms with van der Waals surface area (Å²) in [6, 6.07) is 17.6. The van der Waals surface area contributed by atoms with Crippen molar-refractivity contribution in [3.8, 4) is 33.9 Å². The number of aromatic nitrogens is 1. The minimum atomic E-state index is -0.392. The van der Waals surface area contributed by atoms with Gasteiger partial charge >= 0.3 is 5.97 Å². The lowest BCUT2D eigenvalue weighted by atomic mass is 9.88. The number of carbonyl (C=O) groups excluding carboxylic acids is 1. The molecule has 1 aliphatic heterocycles. The van der Waals surface area contributed by atoms with E-state index in [0.29, 0.717) is 30.1 Å². The van der Waals surface area contributed by atoms with Gasteiger partial charge in [-0.15, -0.1) is 0 Å². The van der Waals surface area contributed by atoms with Gasteiger partial charge in [-0.1, -0.05) is 18.2 Å². The number of carbonyl (C=O) groups is 1. The van der Waals surface area contributed by atoms with E-state index in [0.717, 1.165) is 56.6 Å². The number of hydrogen-bond donors (Lipinski definition) is 0. The minimum Gasteiger partial charge on any atom is -0.492 e. The molecule has 1 aromatic heterocycles. The minimum absolute atomic E-state index is 0.0386. The molecule has 0 amide bonds. The number of rotatable bonds is 6. The Bertz CT molecular complexity index is 1590. The van der Waals surface area contributed by atoms with Gasteiger partial charge in [-0.25, -0.2) is 4.39 Å². The lowest BCUT2D eigenvalue weighted by Gasteiger charge is -2.19. The van der Waals surface area contributed by atoms with E-state index in [9.17, 15) is 4.79 Å². The number of nitrogens with zero attached hydrogens (tertiary/aromatic N) is 1. The molecule has 204 valence electrons. The van der Waals surface area contributed by atoms with E-state index in [4.69, 9.17) is 14.2 Å². The van der Waals surface area contributed by atoms with Gasteiger partial charge in [0, 0.05) is 34.9 Å². The summed E-state index contributed by atoms with van der Waals surface area (Å²) in [5, 5.41) is 0. The highest BCUT2D eigenvalue weighted by molar-refractivity contribution is 5.79. The number of benzene rings is 3. The maximum atomic E-state index is 15.3. The molecule has 6 rings (SSSR count). The third-order valence-electron chi connectivity index (χ3n) is 8.08. The smallest absolute Gasteiger partial charge is 0.306 e. The summed E-state index contributed by atoms with van der Waals surface area (Å²) in [6.07, 6.45) is 3.19. The molecule has 2 heterocycles. The van der Waals surface area contributed by atoms with Gasteiger partial charge in [-0.3, -0.25) is 9.78 Å². The van der Waals surface area contributed by atoms with E-state index in [2.05, 4.69) is 37.0 Å². The van der Waals surface area contributed by atoms with E-state index in [1.807, 2.05) is 43.5 Å². The van der Waals surface area contributed by atoms with Crippen molar-refractivity contribution in [3.63, 3.8) is 0 Å². The monoisotopic (exact) mass is 537 g/mol. The molecule has 4 aromatic rings. The quantitative estimate of drug-likeness (QED) is 0.237. The summed E-state index contributed by atoms with van der Waals surface area (Å²) < 4.78 is 32.3. The van der Waals surface area contributed by atoms with E-state index in [1.54, 1.807) is 6.07 Å². The van der Waals surface area contributed by atoms with Crippen molar-refractivity contribution in [2.45, 2.75) is 52.1 Å². The van der Waals surface area contributed by atoms with Gasteiger partial charge in [-0.05, 0) is 97.3 Å². The Kier molecular flexibility index (Phi) is 6.78. The molecule has 2 atom stereocenters. The molecule has 0 saturated heterocycles. The van der Waals surface area contributed by atoms with Crippen molar-refractivity contribution in [1.29, 1.82) is 0 Å². The van der Waals surface area contributed by atoms with Crippen molar-refractivity contribution in [2.75, 3.05) is 13.7 Å². The van der Waals surface area contributed by atoms with E-state index in [-0.39, 0.29) is 24.1 Å². The van der Waals surface area contributed by atoms with Gasteiger partial charge < -0.3 is 14.2 Å². The van der Waals surface area contributed by atoms with Crippen LogP contribution in [-0.4, -0.2) is 24.7 Å². The predicted octanol–water partition coefficient (Wildman–Crippen LogP) is 7.59. The Balaban J connectivity index is 1.29. The van der Waals surface area contributed by atoms with Gasteiger partial charge in [0.15, 0.2) is 0 Å². The number of esters is 1. The third-order valence-corrected chi connectivity index (χ3v) is 8.08. The van der Waals surface area contributed by atoms with Gasteiger partial charge in [0.25, 0.3) is 0 Å². The number of aryl methyl sites for hydroxylation is 3. The molecule has 0 radical (unpaired) electrons. The fraction of sp³-hybridized carbons (Fsp3) is 0.294. The second kappa shape index (κ2) is 10.4. The number of pyridine rings is 1. The first-order valence-corrected chi connectivity index (χ1v) is 13.7. The normalized spacial score (nSPS) is 17.2. The molecular weight excluding hydrogens is 505 g/mol. The highest BCUT2D eigenvalue weighted by atomic mass is 19.1. The average molecular weight is 538 g/mol. The number of hydrogen-bond acceptors (Lipinski definition) is 5. The molecule has 0 fully saturated rings. The van der Waals surface area contributed by atoms with Crippen LogP contribution < -0.4 is 9.47 Å². The van der Waals surface area contributed by atoms with Crippen LogP contribution in [0.3, 0.4) is 0 Å². The molecule has 3 aromatic carbocycles. The molecule has 2 aliphatic rings. The lowest BCUT2D eigenvalue weighted by Crippen LogP contribution is -2.09. The highest BCUT2D eigenvalue weighted by Gasteiger charge is 2.32. The fourth-order valence-corrected chi connectivity index (χ4v) is 6.15. The molecular formula is C34H32FNO4. The second-order valence-corrected chi connectivity index (χ2v) is 10.8. The predicted molar refractivity (Wildman–Crippen MR) is 152 cm³/mol. The molecule has 0 bridgehead atoms. The molecule has 40 heavy (non-hydrogen) atoms. The van der Waals surface area contributed by atoms with Crippen LogP contribution in [0.25, 0.3) is 22.4 Å². The SMILES string of the molecule is COC(=O)CC1COc2cc(O[C@@H]3CCc4c(-c5c(C)cc(-c6ccc(C)cn6)cc5C)ccc(F)c43)ccc21. The van der Waals surface area contributed by atoms with E-state index >= 15 is 4.39 Å². The summed E-state index contributed by atoms with van der Waals surface area (Å²) in [7, 11) is 1.39. The average Bonchev–Trinajstić information content (AvgIpc) is 3.54. The summed E-state index contributed by atoms with van der Waals surface area (Å²) in [5.74, 6) is 0.786. The van der Waals surface area contributed by atoms with Crippen molar-refractivity contribution in [1.82, 2.24) is 4.98 Å². The van der Waals surface area contributed by atoms with Gasteiger partial charge in [0.2, 0.25) is 0 Å². The lowest BCUT2D eigenvalue weighted by molar-refractivity contribution is -0.141. The molecule has 0 N–H and O–H groups in total. The fourth-order valence-electron chi connectivity index (χ4n) is 6.15. The Labute approximate surface area is 233 Å². The van der Waals surface area contributed by atoms with E-state index < -0.39 is 6.10 Å². The maximum absolute atomic E-state index is 15.3. The van der Waals surface area contributed by atoms with Crippen molar-refractivity contribution in [3.05, 3.63) is 100.0 Å². The van der Waals surface area contributed by atoms with Crippen molar-refractivity contribution in [2.24, 2.45) is 0 Å². The Morgan fingerprint density at radius 2 is 1.85 bits per heavy atom. The first kappa shape index (κ1) is 26.1. The van der Waals surface area contributed by atoms with Crippen LogP contribution in [0.2, 0.25) is 0 Å². The van der Waals surface area contributed by atoms with Crippen LogP contribution in [0.15, 0.2) is 60.8 Å². The zero-order chi connectivity index (χ0) is 28.0. The van der Waals surface area contributed by atoms with Crippen LogP contribution >= 0.6 is 0 Å². The molecule has 6 heteroatoms. The highest BCUT2D eigenvalue weighted by Crippen LogP contribution is 2.45. The topological polar surface area (TPSA) is 57.7 Å². The molecule has 0 saturated carbocycles. The summed E-state index contributed by atoms with van der Waals surface area (Å²) >= 11 is 0. The number of methoxy groups -OCH3 is 1. The van der Waals surface area contributed by atoms with Gasteiger partial charge in [-0.2, -0.15) is 0 Å². The van der Waals surface area contributed by atoms with Gasteiger partial charge in [0.05, 0.1) is 25.8 Å². The van der Waals surface area contributed by atoms with Crippen LogP contribution in [0.4, 0.5) is 4.39 Å². The number of fused-ring (bicyclic) bond motifs is 2.